The highest BCUT2D eigenvalue weighted by Gasteiger charge is 2.14. The van der Waals surface area contributed by atoms with Crippen molar-refractivity contribution in [2.45, 2.75) is 46.5 Å². The summed E-state index contributed by atoms with van der Waals surface area (Å²) in [5, 5.41) is 0. The summed E-state index contributed by atoms with van der Waals surface area (Å²) >= 11 is 4.33. The highest BCUT2D eigenvalue weighted by molar-refractivity contribution is 7.80. The van der Waals surface area contributed by atoms with Crippen LogP contribution in [0, 0.1) is 13.8 Å². The van der Waals surface area contributed by atoms with Crippen molar-refractivity contribution in [3.8, 4) is 5.75 Å². The van der Waals surface area contributed by atoms with Crippen LogP contribution in [0.4, 0.5) is 0 Å². The Kier molecular flexibility index (Phi) is 5.90. The molecule has 1 aromatic rings. The Morgan fingerprint density at radius 3 is 2.59 bits per heavy atom. The Morgan fingerprint density at radius 2 is 2.00 bits per heavy atom. The van der Waals surface area contributed by atoms with Gasteiger partial charge >= 0.3 is 0 Å². The molecule has 1 rings (SSSR count). The van der Waals surface area contributed by atoms with Crippen LogP contribution in [0.5, 0.6) is 5.75 Å². The predicted octanol–water partition coefficient (Wildman–Crippen LogP) is 4.52. The molecule has 0 heterocycles. The predicted molar refractivity (Wildman–Crippen MR) is 78.6 cm³/mol. The summed E-state index contributed by atoms with van der Waals surface area (Å²) in [6.45, 7) is 9.47. The van der Waals surface area contributed by atoms with Gasteiger partial charge in [-0.25, -0.2) is 0 Å². The number of rotatable bonds is 6. The second-order valence-corrected chi connectivity index (χ2v) is 5.21. The topological polar surface area (TPSA) is 9.23 Å². The first-order valence-corrected chi connectivity index (χ1v) is 7.08. The van der Waals surface area contributed by atoms with Crippen molar-refractivity contribution in [1.29, 1.82) is 0 Å². The van der Waals surface area contributed by atoms with Gasteiger partial charge in [0, 0.05) is 0 Å². The molecule has 2 heteroatoms. The Balaban J connectivity index is 3.05. The molecule has 0 amide bonds. The third kappa shape index (κ3) is 3.95. The van der Waals surface area contributed by atoms with Gasteiger partial charge in [0.25, 0.3) is 0 Å². The fourth-order valence-electron chi connectivity index (χ4n) is 2.10. The smallest absolute Gasteiger partial charge is 0.125 e. The molecule has 0 aliphatic heterocycles. The average molecular weight is 252 g/mol. The first-order chi connectivity index (χ1) is 8.10. The lowest BCUT2D eigenvalue weighted by Crippen LogP contribution is -2.05. The van der Waals surface area contributed by atoms with E-state index in [9.17, 15) is 0 Å². The highest BCUT2D eigenvalue weighted by atomic mass is 32.1. The van der Waals surface area contributed by atoms with E-state index in [1.165, 1.54) is 16.7 Å². The summed E-state index contributed by atoms with van der Waals surface area (Å²) < 4.78 is 5.91. The van der Waals surface area contributed by atoms with Crippen molar-refractivity contribution in [2.75, 3.05) is 12.4 Å². The second kappa shape index (κ2) is 6.95. The third-order valence-corrected chi connectivity index (χ3v) is 3.25. The molecule has 1 atom stereocenters. The maximum atomic E-state index is 5.91. The lowest BCUT2D eigenvalue weighted by Gasteiger charge is -2.19. The molecule has 96 valence electrons. The Labute approximate surface area is 111 Å². The maximum Gasteiger partial charge on any atom is 0.125 e. The zero-order valence-corrected chi connectivity index (χ0v) is 12.3. The number of hydrogen-bond acceptors (Lipinski definition) is 2. The largest absolute Gasteiger partial charge is 0.493 e. The minimum atomic E-state index is 0.512. The monoisotopic (exact) mass is 252 g/mol. The van der Waals surface area contributed by atoms with Gasteiger partial charge in [-0.3, -0.25) is 0 Å². The molecule has 0 radical (unpaired) electrons. The van der Waals surface area contributed by atoms with Gasteiger partial charge in [0.1, 0.15) is 5.75 Å². The molecular formula is C15H24OS. The zero-order chi connectivity index (χ0) is 12.8. The third-order valence-electron chi connectivity index (χ3n) is 2.99. The van der Waals surface area contributed by atoms with Crippen molar-refractivity contribution in [3.05, 3.63) is 28.8 Å². The standard InChI is InChI=1S/C15H24OS/c1-5-7-16-15-13(4)9-11(2)10-14(15)12(3)6-8-17/h9-10,12,17H,5-8H2,1-4H3. The van der Waals surface area contributed by atoms with Crippen LogP contribution in [-0.2, 0) is 0 Å². The van der Waals surface area contributed by atoms with Gasteiger partial charge < -0.3 is 4.74 Å². The maximum absolute atomic E-state index is 5.91. The van der Waals surface area contributed by atoms with Gasteiger partial charge in [-0.2, -0.15) is 12.6 Å². The van der Waals surface area contributed by atoms with E-state index in [4.69, 9.17) is 4.74 Å². The second-order valence-electron chi connectivity index (χ2n) is 4.76. The van der Waals surface area contributed by atoms with Crippen LogP contribution in [0.2, 0.25) is 0 Å². The van der Waals surface area contributed by atoms with E-state index in [-0.39, 0.29) is 0 Å². The molecule has 0 aliphatic rings. The van der Waals surface area contributed by atoms with Crippen LogP contribution in [-0.4, -0.2) is 12.4 Å². The van der Waals surface area contributed by atoms with E-state index < -0.39 is 0 Å². The summed E-state index contributed by atoms with van der Waals surface area (Å²) in [5.41, 5.74) is 3.90. The van der Waals surface area contributed by atoms with E-state index in [1.807, 2.05) is 0 Å². The molecule has 1 unspecified atom stereocenters. The summed E-state index contributed by atoms with van der Waals surface area (Å²) in [4.78, 5) is 0. The molecule has 1 aromatic carbocycles. The van der Waals surface area contributed by atoms with E-state index in [0.717, 1.165) is 31.0 Å². The average Bonchev–Trinajstić information content (AvgIpc) is 2.27. The lowest BCUT2D eigenvalue weighted by molar-refractivity contribution is 0.310. The molecular weight excluding hydrogens is 228 g/mol. The minimum Gasteiger partial charge on any atom is -0.493 e. The van der Waals surface area contributed by atoms with Crippen molar-refractivity contribution in [3.63, 3.8) is 0 Å². The van der Waals surface area contributed by atoms with Gasteiger partial charge in [0.05, 0.1) is 6.61 Å². The Hall–Kier alpha value is -0.630. The molecule has 17 heavy (non-hydrogen) atoms. The fourth-order valence-corrected chi connectivity index (χ4v) is 2.49. The summed E-state index contributed by atoms with van der Waals surface area (Å²) in [5.74, 6) is 2.52. The van der Waals surface area contributed by atoms with Crippen molar-refractivity contribution < 1.29 is 4.74 Å². The van der Waals surface area contributed by atoms with Gasteiger partial charge in [-0.15, -0.1) is 0 Å². The van der Waals surface area contributed by atoms with Crippen LogP contribution in [0.3, 0.4) is 0 Å². The molecule has 0 saturated carbocycles. The summed E-state index contributed by atoms with van der Waals surface area (Å²) in [6.07, 6.45) is 2.14. The van der Waals surface area contributed by atoms with Crippen LogP contribution < -0.4 is 4.74 Å². The fraction of sp³-hybridized carbons (Fsp3) is 0.600. The molecule has 0 spiro atoms. The molecule has 0 fully saturated rings. The summed E-state index contributed by atoms with van der Waals surface area (Å²) in [7, 11) is 0. The number of aryl methyl sites for hydroxylation is 2. The van der Waals surface area contributed by atoms with Crippen LogP contribution in [0.15, 0.2) is 12.1 Å². The van der Waals surface area contributed by atoms with E-state index in [0.29, 0.717) is 5.92 Å². The Bertz CT molecular complexity index is 360. The van der Waals surface area contributed by atoms with Gasteiger partial charge in [0.15, 0.2) is 0 Å². The van der Waals surface area contributed by atoms with E-state index >= 15 is 0 Å². The number of ether oxygens (including phenoxy) is 1. The molecule has 0 N–H and O–H groups in total. The SMILES string of the molecule is CCCOc1c(C)cc(C)cc1C(C)CCS. The van der Waals surface area contributed by atoms with Crippen LogP contribution in [0.25, 0.3) is 0 Å². The number of benzene rings is 1. The quantitative estimate of drug-likeness (QED) is 0.733. The lowest BCUT2D eigenvalue weighted by atomic mass is 9.93. The van der Waals surface area contributed by atoms with Crippen LogP contribution >= 0.6 is 12.6 Å². The van der Waals surface area contributed by atoms with Crippen LogP contribution in [0.1, 0.15) is 49.3 Å². The number of hydrogen-bond donors (Lipinski definition) is 1. The summed E-state index contributed by atoms with van der Waals surface area (Å²) in [6, 6.07) is 4.45. The molecule has 0 aromatic heterocycles. The minimum absolute atomic E-state index is 0.512. The first-order valence-electron chi connectivity index (χ1n) is 6.45. The van der Waals surface area contributed by atoms with Crippen molar-refractivity contribution in [1.82, 2.24) is 0 Å². The van der Waals surface area contributed by atoms with Crippen molar-refractivity contribution in [2.24, 2.45) is 0 Å². The van der Waals surface area contributed by atoms with E-state index in [1.54, 1.807) is 0 Å². The van der Waals surface area contributed by atoms with Gasteiger partial charge in [0.2, 0.25) is 0 Å². The number of thiol groups is 1. The molecule has 0 bridgehead atoms. The molecule has 1 nitrogen and oxygen atoms in total. The molecule has 0 aliphatic carbocycles. The van der Waals surface area contributed by atoms with Crippen molar-refractivity contribution >= 4 is 12.6 Å². The Morgan fingerprint density at radius 1 is 1.29 bits per heavy atom. The highest BCUT2D eigenvalue weighted by Crippen LogP contribution is 2.33. The zero-order valence-electron chi connectivity index (χ0n) is 11.4. The van der Waals surface area contributed by atoms with E-state index in [2.05, 4.69) is 52.5 Å². The van der Waals surface area contributed by atoms with Gasteiger partial charge in [-0.05, 0) is 49.5 Å². The van der Waals surface area contributed by atoms with Gasteiger partial charge in [-0.1, -0.05) is 31.5 Å². The molecule has 0 saturated heterocycles. The normalized spacial score (nSPS) is 12.5. The first kappa shape index (κ1) is 14.4.